The molecule has 3 aromatic rings. The Morgan fingerprint density at radius 2 is 1.56 bits per heavy atom. The van der Waals surface area contributed by atoms with Gasteiger partial charge in [-0.25, -0.2) is 0 Å². The van der Waals surface area contributed by atoms with Crippen molar-refractivity contribution in [3.05, 3.63) is 78.5 Å². The molecule has 1 radical (unpaired) electrons. The topological polar surface area (TPSA) is 53.4 Å². The zero-order valence-electron chi connectivity index (χ0n) is 14.7. The van der Waals surface area contributed by atoms with E-state index in [9.17, 15) is 0 Å². The second kappa shape index (κ2) is 13.5. The van der Waals surface area contributed by atoms with Gasteiger partial charge in [0.25, 0.3) is 0 Å². The molecule has 0 aliphatic rings. The smallest absolute Gasteiger partial charge is 0.0319 e. The SMILES string of the molecule is CCc1cc(-c2[c-]cccc2)ncc1-c1ccccc1.CO.CO.[Ir]. The molecule has 0 fully saturated rings. The van der Waals surface area contributed by atoms with Crippen LogP contribution in [0.5, 0.6) is 0 Å². The number of hydrogen-bond donors (Lipinski definition) is 2. The number of rotatable bonds is 3. The summed E-state index contributed by atoms with van der Waals surface area (Å²) in [5, 5.41) is 14.0. The van der Waals surface area contributed by atoms with Gasteiger partial charge in [-0.3, -0.25) is 0 Å². The van der Waals surface area contributed by atoms with E-state index in [4.69, 9.17) is 10.2 Å². The molecule has 2 N–H and O–H groups in total. The maximum Gasteiger partial charge on any atom is 0.0319 e. The fourth-order valence-corrected chi connectivity index (χ4v) is 2.37. The van der Waals surface area contributed by atoms with Crippen LogP contribution in [0.25, 0.3) is 22.4 Å². The fraction of sp³-hybridized carbons (Fsp3) is 0.190. The molecule has 0 aliphatic heterocycles. The molecule has 135 valence electrons. The number of aryl methyl sites for hydroxylation is 1. The van der Waals surface area contributed by atoms with Crippen molar-refractivity contribution < 1.29 is 30.3 Å². The maximum absolute atomic E-state index is 7.00. The Balaban J connectivity index is 0.00000108. The van der Waals surface area contributed by atoms with Gasteiger partial charge in [0, 0.05) is 46.1 Å². The van der Waals surface area contributed by atoms with Crippen LogP contribution < -0.4 is 0 Å². The zero-order chi connectivity index (χ0) is 17.8. The third-order valence-electron chi connectivity index (χ3n) is 3.44. The molecule has 2 aromatic carbocycles. The van der Waals surface area contributed by atoms with Crippen LogP contribution in [0.15, 0.2) is 66.9 Å². The van der Waals surface area contributed by atoms with Gasteiger partial charge in [0.1, 0.15) is 0 Å². The minimum absolute atomic E-state index is 0. The van der Waals surface area contributed by atoms with Crippen molar-refractivity contribution in [2.45, 2.75) is 13.3 Å². The maximum atomic E-state index is 7.00. The molecule has 0 amide bonds. The van der Waals surface area contributed by atoms with E-state index in [1.54, 1.807) is 0 Å². The number of benzene rings is 2. The molecule has 0 saturated carbocycles. The summed E-state index contributed by atoms with van der Waals surface area (Å²) in [5.74, 6) is 0. The van der Waals surface area contributed by atoms with Crippen molar-refractivity contribution in [3.8, 4) is 22.4 Å². The van der Waals surface area contributed by atoms with Gasteiger partial charge >= 0.3 is 0 Å². The van der Waals surface area contributed by atoms with Crippen LogP contribution in [0.4, 0.5) is 0 Å². The number of aliphatic hydroxyl groups is 2. The van der Waals surface area contributed by atoms with E-state index in [0.717, 1.165) is 31.9 Å². The molecule has 0 atom stereocenters. The molecule has 0 spiro atoms. The second-order valence-corrected chi connectivity index (χ2v) is 4.72. The van der Waals surface area contributed by atoms with Crippen molar-refractivity contribution in [1.29, 1.82) is 0 Å². The largest absolute Gasteiger partial charge is 0.400 e. The Labute approximate surface area is 163 Å². The number of aliphatic hydroxyl groups excluding tert-OH is 2. The molecular formula is C21H24IrNO2-. The quantitative estimate of drug-likeness (QED) is 0.520. The molecular weight excluding hydrogens is 490 g/mol. The summed E-state index contributed by atoms with van der Waals surface area (Å²) in [6.45, 7) is 2.18. The van der Waals surface area contributed by atoms with Crippen molar-refractivity contribution in [1.82, 2.24) is 4.98 Å². The summed E-state index contributed by atoms with van der Waals surface area (Å²) in [7, 11) is 2.00. The molecule has 0 aliphatic carbocycles. The van der Waals surface area contributed by atoms with Gasteiger partial charge in [-0.1, -0.05) is 43.3 Å². The molecule has 0 bridgehead atoms. The third-order valence-corrected chi connectivity index (χ3v) is 3.44. The van der Waals surface area contributed by atoms with Gasteiger partial charge < -0.3 is 15.2 Å². The van der Waals surface area contributed by atoms with Crippen LogP contribution in [-0.4, -0.2) is 29.4 Å². The van der Waals surface area contributed by atoms with Crippen LogP contribution in [0.1, 0.15) is 12.5 Å². The average Bonchev–Trinajstić information content (AvgIpc) is 2.72. The van der Waals surface area contributed by atoms with Gasteiger partial charge in [0.05, 0.1) is 0 Å². The van der Waals surface area contributed by atoms with Crippen LogP contribution in [0.3, 0.4) is 0 Å². The second-order valence-electron chi connectivity index (χ2n) is 4.72. The predicted octanol–water partition coefficient (Wildman–Crippen LogP) is 3.99. The molecule has 25 heavy (non-hydrogen) atoms. The zero-order valence-corrected chi connectivity index (χ0v) is 17.1. The summed E-state index contributed by atoms with van der Waals surface area (Å²) in [6.07, 6.45) is 2.97. The first kappa shape index (κ1) is 23.2. The molecule has 1 aromatic heterocycles. The van der Waals surface area contributed by atoms with E-state index in [1.165, 1.54) is 16.7 Å². The van der Waals surface area contributed by atoms with Crippen LogP contribution in [-0.2, 0) is 26.5 Å². The Morgan fingerprint density at radius 3 is 2.12 bits per heavy atom. The first-order valence-corrected chi connectivity index (χ1v) is 7.79. The molecule has 3 nitrogen and oxygen atoms in total. The molecule has 1 heterocycles. The van der Waals surface area contributed by atoms with Crippen molar-refractivity contribution >= 4 is 0 Å². The monoisotopic (exact) mass is 515 g/mol. The molecule has 0 unspecified atom stereocenters. The third kappa shape index (κ3) is 6.52. The van der Waals surface area contributed by atoms with Crippen molar-refractivity contribution in [2.24, 2.45) is 0 Å². The first-order chi connectivity index (χ1) is 11.9. The number of hydrogen-bond acceptors (Lipinski definition) is 3. The summed E-state index contributed by atoms with van der Waals surface area (Å²) >= 11 is 0. The summed E-state index contributed by atoms with van der Waals surface area (Å²) in [5.41, 5.74) is 5.79. The van der Waals surface area contributed by atoms with Crippen LogP contribution in [0, 0.1) is 6.07 Å². The van der Waals surface area contributed by atoms with Gasteiger partial charge in [0.15, 0.2) is 0 Å². The van der Waals surface area contributed by atoms with Gasteiger partial charge in [-0.05, 0) is 23.2 Å². The fourth-order valence-electron chi connectivity index (χ4n) is 2.37. The Bertz CT molecular complexity index is 704. The molecule has 0 saturated heterocycles. The molecule has 4 heteroatoms. The minimum Gasteiger partial charge on any atom is -0.400 e. The van der Waals surface area contributed by atoms with E-state index >= 15 is 0 Å². The van der Waals surface area contributed by atoms with Crippen molar-refractivity contribution in [2.75, 3.05) is 14.2 Å². The van der Waals surface area contributed by atoms with Gasteiger partial charge in [0.2, 0.25) is 0 Å². The summed E-state index contributed by atoms with van der Waals surface area (Å²) in [4.78, 5) is 4.60. The normalized spacial score (nSPS) is 8.84. The van der Waals surface area contributed by atoms with Crippen LogP contribution >= 0.6 is 0 Å². The van der Waals surface area contributed by atoms with Crippen LogP contribution in [0.2, 0.25) is 0 Å². The number of aromatic nitrogens is 1. The number of pyridine rings is 1. The Hall–Kier alpha value is -1.84. The first-order valence-electron chi connectivity index (χ1n) is 7.79. The average molecular weight is 515 g/mol. The van der Waals surface area contributed by atoms with E-state index in [0.29, 0.717) is 0 Å². The minimum atomic E-state index is 0. The van der Waals surface area contributed by atoms with E-state index in [-0.39, 0.29) is 20.1 Å². The number of nitrogens with zero attached hydrogens (tertiary/aromatic N) is 1. The molecule has 3 rings (SSSR count). The van der Waals surface area contributed by atoms with E-state index in [2.05, 4.69) is 48.3 Å². The summed E-state index contributed by atoms with van der Waals surface area (Å²) < 4.78 is 0. The van der Waals surface area contributed by atoms with E-state index in [1.807, 2.05) is 36.5 Å². The van der Waals surface area contributed by atoms with Gasteiger partial charge in [-0.2, -0.15) is 0 Å². The standard InChI is InChI=1S/C19H16N.2CH4O.Ir/c1-2-15-13-19(17-11-7-4-8-12-17)20-14-18(15)16-9-5-3-6-10-16;2*1-2;/h3-11,13-14H,2H2,1H3;2*2H,1H3;/q-1;;;. The van der Waals surface area contributed by atoms with Crippen molar-refractivity contribution in [3.63, 3.8) is 0 Å². The Kier molecular flexibility index (Phi) is 12.5. The summed E-state index contributed by atoms with van der Waals surface area (Å²) in [6, 6.07) is 23.8. The van der Waals surface area contributed by atoms with E-state index < -0.39 is 0 Å². The predicted molar refractivity (Wildman–Crippen MR) is 99.6 cm³/mol. The van der Waals surface area contributed by atoms with Gasteiger partial charge in [-0.15, -0.1) is 35.9 Å². The Morgan fingerprint density at radius 1 is 0.920 bits per heavy atom.